The Balaban J connectivity index is 1.39. The molecule has 0 aliphatic carbocycles. The molecule has 0 unspecified atom stereocenters. The van der Waals surface area contributed by atoms with Gasteiger partial charge in [-0.15, -0.1) is 0 Å². The van der Waals surface area contributed by atoms with E-state index in [-0.39, 0.29) is 19.2 Å². The normalized spacial score (nSPS) is 21.6. The maximum absolute atomic E-state index is 13.2. The van der Waals surface area contributed by atoms with Crippen LogP contribution in [0, 0.1) is 0 Å². The Labute approximate surface area is 176 Å². The van der Waals surface area contributed by atoms with Crippen molar-refractivity contribution in [1.29, 1.82) is 0 Å². The molecule has 10 nitrogen and oxygen atoms in total. The van der Waals surface area contributed by atoms with E-state index in [1.54, 1.807) is 49.4 Å². The number of anilines is 2. The van der Waals surface area contributed by atoms with Gasteiger partial charge in [0.05, 0.1) is 11.4 Å². The van der Waals surface area contributed by atoms with Gasteiger partial charge >= 0.3 is 6.03 Å². The third kappa shape index (κ3) is 2.95. The van der Waals surface area contributed by atoms with Gasteiger partial charge in [-0.2, -0.15) is 0 Å². The molecule has 1 atom stereocenters. The van der Waals surface area contributed by atoms with Crippen molar-refractivity contribution >= 4 is 35.1 Å². The number of nitrogens with one attached hydrogen (secondary N) is 2. The Morgan fingerprint density at radius 1 is 1.10 bits per heavy atom. The number of hydrogen-bond donors (Lipinski definition) is 2. The maximum atomic E-state index is 13.2. The van der Waals surface area contributed by atoms with Gasteiger partial charge in [-0.3, -0.25) is 24.2 Å². The Hall–Kier alpha value is -4.08. The second kappa shape index (κ2) is 6.73. The fourth-order valence-corrected chi connectivity index (χ4v) is 3.92. The number of nitrogens with zero attached hydrogens (tertiary/aromatic N) is 2. The highest BCUT2D eigenvalue weighted by atomic mass is 16.7. The number of ether oxygens (including phenoxy) is 2. The quantitative estimate of drug-likeness (QED) is 0.717. The van der Waals surface area contributed by atoms with Crippen molar-refractivity contribution in [2.24, 2.45) is 0 Å². The van der Waals surface area contributed by atoms with Crippen molar-refractivity contribution in [2.45, 2.75) is 12.5 Å². The second-order valence-electron chi connectivity index (χ2n) is 7.56. The van der Waals surface area contributed by atoms with E-state index in [0.717, 1.165) is 4.90 Å². The maximum Gasteiger partial charge on any atom is 0.325 e. The minimum Gasteiger partial charge on any atom is -0.454 e. The molecule has 31 heavy (non-hydrogen) atoms. The zero-order valence-corrected chi connectivity index (χ0v) is 16.5. The van der Waals surface area contributed by atoms with Gasteiger partial charge in [0, 0.05) is 0 Å². The van der Waals surface area contributed by atoms with Crippen LogP contribution in [0.15, 0.2) is 42.5 Å². The average Bonchev–Trinajstić information content (AvgIpc) is 3.31. The van der Waals surface area contributed by atoms with Crippen LogP contribution < -0.4 is 25.0 Å². The Morgan fingerprint density at radius 3 is 2.71 bits per heavy atom. The monoisotopic (exact) mass is 422 g/mol. The highest BCUT2D eigenvalue weighted by Crippen LogP contribution is 2.38. The summed E-state index contributed by atoms with van der Waals surface area (Å²) >= 11 is 0. The number of amides is 5. The number of benzene rings is 2. The van der Waals surface area contributed by atoms with Crippen LogP contribution in [0.25, 0.3) is 0 Å². The Bertz CT molecular complexity index is 1150. The first kappa shape index (κ1) is 18.9. The van der Waals surface area contributed by atoms with E-state index in [2.05, 4.69) is 10.6 Å². The van der Waals surface area contributed by atoms with Crippen LogP contribution in [0.5, 0.6) is 11.5 Å². The van der Waals surface area contributed by atoms with Gasteiger partial charge in [0.2, 0.25) is 18.6 Å². The molecule has 10 heteroatoms. The van der Waals surface area contributed by atoms with Gasteiger partial charge in [-0.05, 0) is 36.8 Å². The standard InChI is InChI=1S/C21H18N4O6/c1-21(12-6-7-15-16(8-12)31-11-30-15)19(28)25(20(29)23-21)10-18(27)24-9-17(26)22-13-4-2-3-5-14(13)24/h2-8H,9-11H2,1H3,(H,22,26)(H,23,29)/t21-/m0/s1. The molecule has 2 aromatic carbocycles. The van der Waals surface area contributed by atoms with E-state index < -0.39 is 29.9 Å². The molecule has 0 radical (unpaired) electrons. The van der Waals surface area contributed by atoms with E-state index >= 15 is 0 Å². The van der Waals surface area contributed by atoms with Crippen molar-refractivity contribution in [3.63, 3.8) is 0 Å². The van der Waals surface area contributed by atoms with Gasteiger partial charge in [-0.1, -0.05) is 18.2 Å². The molecule has 1 fully saturated rings. The van der Waals surface area contributed by atoms with Crippen molar-refractivity contribution in [2.75, 3.05) is 30.1 Å². The van der Waals surface area contributed by atoms with E-state index in [0.29, 0.717) is 28.4 Å². The lowest BCUT2D eigenvalue weighted by molar-refractivity contribution is -0.134. The molecule has 1 saturated heterocycles. The summed E-state index contributed by atoms with van der Waals surface area (Å²) in [6, 6.07) is 11.1. The molecule has 158 valence electrons. The molecule has 0 saturated carbocycles. The van der Waals surface area contributed by atoms with Crippen LogP contribution in [0.2, 0.25) is 0 Å². The summed E-state index contributed by atoms with van der Waals surface area (Å²) in [5.41, 5.74) is 0.148. The van der Waals surface area contributed by atoms with Crippen molar-refractivity contribution in [3.8, 4) is 11.5 Å². The fourth-order valence-electron chi connectivity index (χ4n) is 3.92. The number of rotatable bonds is 3. The third-order valence-electron chi connectivity index (χ3n) is 5.59. The molecule has 0 spiro atoms. The summed E-state index contributed by atoms with van der Waals surface area (Å²) in [5.74, 6) is -0.431. The summed E-state index contributed by atoms with van der Waals surface area (Å²) in [6.45, 7) is 0.964. The van der Waals surface area contributed by atoms with Crippen LogP contribution in [0.1, 0.15) is 12.5 Å². The predicted molar refractivity (Wildman–Crippen MR) is 108 cm³/mol. The van der Waals surface area contributed by atoms with E-state index in [9.17, 15) is 19.2 Å². The predicted octanol–water partition coefficient (Wildman–Crippen LogP) is 1.17. The number of hydrogen-bond acceptors (Lipinski definition) is 6. The summed E-state index contributed by atoms with van der Waals surface area (Å²) in [4.78, 5) is 52.9. The highest BCUT2D eigenvalue weighted by Gasteiger charge is 2.50. The summed E-state index contributed by atoms with van der Waals surface area (Å²) in [6.07, 6.45) is 0. The SMILES string of the molecule is C[C@@]1(c2ccc3c(c2)OCO3)NC(=O)N(CC(=O)N2CC(=O)Nc3ccccc32)C1=O. The molecular weight excluding hydrogens is 404 g/mol. The van der Waals surface area contributed by atoms with Crippen LogP contribution in [0.3, 0.4) is 0 Å². The van der Waals surface area contributed by atoms with Crippen LogP contribution in [0.4, 0.5) is 16.2 Å². The fraction of sp³-hybridized carbons (Fsp3) is 0.238. The zero-order valence-electron chi connectivity index (χ0n) is 16.5. The molecule has 3 aliphatic rings. The molecule has 0 bridgehead atoms. The second-order valence-corrected chi connectivity index (χ2v) is 7.56. The summed E-state index contributed by atoms with van der Waals surface area (Å²) in [5, 5.41) is 5.36. The highest BCUT2D eigenvalue weighted by molar-refractivity contribution is 6.14. The van der Waals surface area contributed by atoms with E-state index in [1.807, 2.05) is 0 Å². The van der Waals surface area contributed by atoms with Gasteiger partial charge < -0.3 is 20.1 Å². The molecule has 3 heterocycles. The molecule has 2 N–H and O–H groups in total. The smallest absolute Gasteiger partial charge is 0.325 e. The summed E-state index contributed by atoms with van der Waals surface area (Å²) < 4.78 is 10.6. The summed E-state index contributed by atoms with van der Waals surface area (Å²) in [7, 11) is 0. The number of carbonyl (C=O) groups excluding carboxylic acids is 4. The Kier molecular flexibility index (Phi) is 4.10. The molecule has 5 rings (SSSR count). The minimum atomic E-state index is -1.37. The first-order valence-electron chi connectivity index (χ1n) is 9.60. The van der Waals surface area contributed by atoms with Gasteiger partial charge in [-0.25, -0.2) is 4.79 Å². The van der Waals surface area contributed by atoms with E-state index in [1.165, 1.54) is 4.90 Å². The molecular formula is C21H18N4O6. The molecule has 0 aromatic heterocycles. The molecule has 5 amide bonds. The largest absolute Gasteiger partial charge is 0.454 e. The number of urea groups is 1. The van der Waals surface area contributed by atoms with Crippen LogP contribution in [-0.2, 0) is 19.9 Å². The van der Waals surface area contributed by atoms with Gasteiger partial charge in [0.1, 0.15) is 18.6 Å². The Morgan fingerprint density at radius 2 is 1.87 bits per heavy atom. The lowest BCUT2D eigenvalue weighted by atomic mass is 9.91. The van der Waals surface area contributed by atoms with Gasteiger partial charge in [0.25, 0.3) is 5.91 Å². The van der Waals surface area contributed by atoms with Crippen molar-refractivity contribution in [1.82, 2.24) is 10.2 Å². The first-order chi connectivity index (χ1) is 14.9. The lowest BCUT2D eigenvalue weighted by Gasteiger charge is -2.30. The number of carbonyl (C=O) groups is 4. The van der Waals surface area contributed by atoms with Crippen LogP contribution >= 0.6 is 0 Å². The third-order valence-corrected chi connectivity index (χ3v) is 5.59. The topological polar surface area (TPSA) is 117 Å². The van der Waals surface area contributed by atoms with Gasteiger partial charge in [0.15, 0.2) is 11.5 Å². The van der Waals surface area contributed by atoms with Crippen molar-refractivity contribution < 1.29 is 28.7 Å². The number of imide groups is 1. The van der Waals surface area contributed by atoms with Crippen LogP contribution in [-0.4, -0.2) is 48.5 Å². The number of fused-ring (bicyclic) bond motifs is 2. The zero-order chi connectivity index (χ0) is 21.8. The van der Waals surface area contributed by atoms with Crippen molar-refractivity contribution in [3.05, 3.63) is 48.0 Å². The van der Waals surface area contributed by atoms with E-state index in [4.69, 9.17) is 9.47 Å². The minimum absolute atomic E-state index is 0.0846. The first-order valence-corrected chi connectivity index (χ1v) is 9.60. The molecule has 2 aromatic rings. The number of para-hydroxylation sites is 2. The average molecular weight is 422 g/mol. The lowest BCUT2D eigenvalue weighted by Crippen LogP contribution is -2.48. The molecule has 3 aliphatic heterocycles.